The molecular weight excluding hydrogens is 252 g/mol. The Balaban J connectivity index is 2.07. The Morgan fingerprint density at radius 3 is 2.55 bits per heavy atom. The number of aromatic nitrogens is 1. The second-order valence-corrected chi connectivity index (χ2v) is 4.52. The smallest absolute Gasteiger partial charge is 0.161 e. The first-order chi connectivity index (χ1) is 9.83. The lowest BCUT2D eigenvalue weighted by atomic mass is 10.1. The Labute approximate surface area is 119 Å². The summed E-state index contributed by atoms with van der Waals surface area (Å²) in [6.07, 6.45) is 5.43. The summed E-state index contributed by atoms with van der Waals surface area (Å²) in [5, 5.41) is 0. The fraction of sp³-hybridized carbons (Fsp3) is 0.312. The summed E-state index contributed by atoms with van der Waals surface area (Å²) >= 11 is 0. The number of nitrogens with zero attached hydrogens (tertiary/aromatic N) is 1. The molecule has 0 saturated heterocycles. The van der Waals surface area contributed by atoms with Crippen LogP contribution in [0, 0.1) is 0 Å². The average molecular weight is 272 g/mol. The maximum atomic E-state index is 5.85. The van der Waals surface area contributed by atoms with E-state index in [0.717, 1.165) is 29.9 Å². The maximum Gasteiger partial charge on any atom is 0.161 e. The lowest BCUT2D eigenvalue weighted by molar-refractivity contribution is 0.284. The zero-order valence-corrected chi connectivity index (χ0v) is 11.7. The number of hydrogen-bond donors (Lipinski definition) is 1. The van der Waals surface area contributed by atoms with Crippen molar-refractivity contribution in [2.75, 3.05) is 13.7 Å². The van der Waals surface area contributed by atoms with Crippen LogP contribution in [0.25, 0.3) is 0 Å². The van der Waals surface area contributed by atoms with E-state index in [-0.39, 0.29) is 0 Å². The quantitative estimate of drug-likeness (QED) is 0.841. The SMILES string of the molecule is COc1ccc(CCCN)cc1OCc1ccncc1. The van der Waals surface area contributed by atoms with E-state index in [1.54, 1.807) is 19.5 Å². The summed E-state index contributed by atoms with van der Waals surface area (Å²) in [4.78, 5) is 3.99. The van der Waals surface area contributed by atoms with Gasteiger partial charge in [-0.1, -0.05) is 6.07 Å². The van der Waals surface area contributed by atoms with Gasteiger partial charge in [0.25, 0.3) is 0 Å². The van der Waals surface area contributed by atoms with Crippen LogP contribution in [0.3, 0.4) is 0 Å². The second kappa shape index (κ2) is 7.50. The Kier molecular flexibility index (Phi) is 5.38. The lowest BCUT2D eigenvalue weighted by Gasteiger charge is -2.12. The fourth-order valence-electron chi connectivity index (χ4n) is 1.94. The summed E-state index contributed by atoms with van der Waals surface area (Å²) < 4.78 is 11.2. The number of hydrogen-bond acceptors (Lipinski definition) is 4. The van der Waals surface area contributed by atoms with Gasteiger partial charge in [0.1, 0.15) is 6.61 Å². The van der Waals surface area contributed by atoms with Crippen LogP contribution in [0.4, 0.5) is 0 Å². The van der Waals surface area contributed by atoms with Crippen LogP contribution in [0.15, 0.2) is 42.7 Å². The van der Waals surface area contributed by atoms with Crippen LogP contribution in [0.2, 0.25) is 0 Å². The van der Waals surface area contributed by atoms with Crippen LogP contribution in [0.1, 0.15) is 17.5 Å². The number of benzene rings is 1. The van der Waals surface area contributed by atoms with Crippen molar-refractivity contribution in [3.05, 3.63) is 53.9 Å². The molecule has 0 unspecified atom stereocenters. The molecule has 0 saturated carbocycles. The van der Waals surface area contributed by atoms with Crippen molar-refractivity contribution < 1.29 is 9.47 Å². The molecule has 0 fully saturated rings. The molecule has 20 heavy (non-hydrogen) atoms. The van der Waals surface area contributed by atoms with Crippen molar-refractivity contribution in [1.82, 2.24) is 4.98 Å². The molecular formula is C16H20N2O2. The summed E-state index contributed by atoms with van der Waals surface area (Å²) in [7, 11) is 1.65. The molecule has 0 amide bonds. The van der Waals surface area contributed by atoms with Gasteiger partial charge in [-0.2, -0.15) is 0 Å². The van der Waals surface area contributed by atoms with E-state index in [2.05, 4.69) is 4.98 Å². The van der Waals surface area contributed by atoms with E-state index >= 15 is 0 Å². The molecule has 0 bridgehead atoms. The molecule has 4 heteroatoms. The van der Waals surface area contributed by atoms with Crippen molar-refractivity contribution in [1.29, 1.82) is 0 Å². The molecule has 1 aromatic heterocycles. The summed E-state index contributed by atoms with van der Waals surface area (Å²) in [6.45, 7) is 1.19. The zero-order valence-electron chi connectivity index (χ0n) is 11.7. The van der Waals surface area contributed by atoms with Gasteiger partial charge >= 0.3 is 0 Å². The van der Waals surface area contributed by atoms with Gasteiger partial charge in [-0.3, -0.25) is 4.98 Å². The zero-order chi connectivity index (χ0) is 14.2. The highest BCUT2D eigenvalue weighted by Crippen LogP contribution is 2.29. The highest BCUT2D eigenvalue weighted by atomic mass is 16.5. The van der Waals surface area contributed by atoms with Crippen LogP contribution >= 0.6 is 0 Å². The second-order valence-electron chi connectivity index (χ2n) is 4.52. The third kappa shape index (κ3) is 3.96. The minimum atomic E-state index is 0.499. The summed E-state index contributed by atoms with van der Waals surface area (Å²) in [6, 6.07) is 9.88. The lowest BCUT2D eigenvalue weighted by Crippen LogP contribution is -2.02. The fourth-order valence-corrected chi connectivity index (χ4v) is 1.94. The van der Waals surface area contributed by atoms with Crippen LogP contribution in [-0.2, 0) is 13.0 Å². The highest BCUT2D eigenvalue weighted by Gasteiger charge is 2.06. The molecule has 0 spiro atoms. The van der Waals surface area contributed by atoms with Gasteiger partial charge in [-0.25, -0.2) is 0 Å². The first kappa shape index (κ1) is 14.3. The number of rotatable bonds is 7. The van der Waals surface area contributed by atoms with Gasteiger partial charge in [-0.05, 0) is 54.8 Å². The molecule has 2 N–H and O–H groups in total. The average Bonchev–Trinajstić information content (AvgIpc) is 2.52. The van der Waals surface area contributed by atoms with Gasteiger partial charge in [0.15, 0.2) is 11.5 Å². The van der Waals surface area contributed by atoms with E-state index < -0.39 is 0 Å². The van der Waals surface area contributed by atoms with Crippen LogP contribution in [0.5, 0.6) is 11.5 Å². The first-order valence-corrected chi connectivity index (χ1v) is 6.72. The highest BCUT2D eigenvalue weighted by molar-refractivity contribution is 5.43. The Morgan fingerprint density at radius 1 is 1.05 bits per heavy atom. The maximum absolute atomic E-state index is 5.85. The number of ether oxygens (including phenoxy) is 2. The number of pyridine rings is 1. The standard InChI is InChI=1S/C16H20N2O2/c1-19-15-5-4-13(3-2-8-17)11-16(15)20-12-14-6-9-18-10-7-14/h4-7,9-11H,2-3,8,12,17H2,1H3. The van der Waals surface area contributed by atoms with Gasteiger partial charge in [0.2, 0.25) is 0 Å². The monoisotopic (exact) mass is 272 g/mol. The van der Waals surface area contributed by atoms with Crippen molar-refractivity contribution in [3.63, 3.8) is 0 Å². The molecule has 0 aliphatic heterocycles. The molecule has 2 rings (SSSR count). The van der Waals surface area contributed by atoms with Crippen molar-refractivity contribution in [3.8, 4) is 11.5 Å². The van der Waals surface area contributed by atoms with Gasteiger partial charge in [0.05, 0.1) is 7.11 Å². The molecule has 2 aromatic rings. The minimum Gasteiger partial charge on any atom is -0.493 e. The van der Waals surface area contributed by atoms with E-state index in [4.69, 9.17) is 15.2 Å². The predicted octanol–water partition coefficient (Wildman–Crippen LogP) is 2.56. The van der Waals surface area contributed by atoms with Gasteiger partial charge in [-0.15, -0.1) is 0 Å². The molecule has 1 heterocycles. The molecule has 0 aliphatic rings. The van der Waals surface area contributed by atoms with E-state index in [9.17, 15) is 0 Å². The molecule has 106 valence electrons. The van der Waals surface area contributed by atoms with Crippen molar-refractivity contribution in [2.45, 2.75) is 19.4 Å². The van der Waals surface area contributed by atoms with E-state index in [1.807, 2.05) is 30.3 Å². The van der Waals surface area contributed by atoms with Gasteiger partial charge in [0, 0.05) is 12.4 Å². The molecule has 1 aromatic carbocycles. The third-order valence-corrected chi connectivity index (χ3v) is 3.04. The van der Waals surface area contributed by atoms with Crippen LogP contribution < -0.4 is 15.2 Å². The van der Waals surface area contributed by atoms with Gasteiger partial charge < -0.3 is 15.2 Å². The molecule has 0 atom stereocenters. The largest absolute Gasteiger partial charge is 0.493 e. The van der Waals surface area contributed by atoms with Crippen LogP contribution in [-0.4, -0.2) is 18.6 Å². The van der Waals surface area contributed by atoms with Crippen molar-refractivity contribution >= 4 is 0 Å². The molecule has 0 aliphatic carbocycles. The Morgan fingerprint density at radius 2 is 1.85 bits per heavy atom. The minimum absolute atomic E-state index is 0.499. The number of nitrogens with two attached hydrogens (primary N) is 1. The Bertz CT molecular complexity index is 529. The summed E-state index contributed by atoms with van der Waals surface area (Å²) in [5.41, 5.74) is 7.83. The van der Waals surface area contributed by atoms with E-state index in [0.29, 0.717) is 13.2 Å². The van der Waals surface area contributed by atoms with E-state index in [1.165, 1.54) is 5.56 Å². The first-order valence-electron chi connectivity index (χ1n) is 6.72. The Hall–Kier alpha value is -2.07. The summed E-state index contributed by atoms with van der Waals surface area (Å²) in [5.74, 6) is 1.51. The number of methoxy groups -OCH3 is 1. The predicted molar refractivity (Wildman–Crippen MR) is 78.9 cm³/mol. The topological polar surface area (TPSA) is 57.4 Å². The normalized spacial score (nSPS) is 10.3. The van der Waals surface area contributed by atoms with Crippen molar-refractivity contribution in [2.24, 2.45) is 5.73 Å². The third-order valence-electron chi connectivity index (χ3n) is 3.04. The molecule has 4 nitrogen and oxygen atoms in total. The number of aryl methyl sites for hydroxylation is 1. The molecule has 0 radical (unpaired) electrons.